The zero-order valence-electron chi connectivity index (χ0n) is 11.2. The Labute approximate surface area is 121 Å². The van der Waals surface area contributed by atoms with Crippen LogP contribution in [0.15, 0.2) is 41.1 Å². The van der Waals surface area contributed by atoms with Crippen LogP contribution in [0.2, 0.25) is 0 Å². The number of nitrogens with zero attached hydrogens (tertiary/aromatic N) is 2. The van der Waals surface area contributed by atoms with Gasteiger partial charge in [-0.25, -0.2) is 4.79 Å². The van der Waals surface area contributed by atoms with Crippen LogP contribution < -0.4 is 0 Å². The van der Waals surface area contributed by atoms with Gasteiger partial charge >= 0.3 is 5.97 Å². The molecule has 0 saturated heterocycles. The number of carbonyl (C=O) groups is 2. The molecule has 2 aromatic rings. The molecule has 1 aromatic carbocycles. The molecule has 1 aromatic heterocycles. The lowest BCUT2D eigenvalue weighted by Crippen LogP contribution is -2.44. The van der Waals surface area contributed by atoms with E-state index in [0.717, 1.165) is 5.56 Å². The SMILES string of the molecule is O=C(O)C1c2ccccc2CCN1C(=O)Cc1ccon1. The van der Waals surface area contributed by atoms with Gasteiger partial charge in [0.1, 0.15) is 6.26 Å². The average molecular weight is 286 g/mol. The molecule has 1 atom stereocenters. The van der Waals surface area contributed by atoms with Crippen LogP contribution in [0.25, 0.3) is 0 Å². The Hall–Kier alpha value is -2.63. The number of aromatic nitrogens is 1. The van der Waals surface area contributed by atoms with Gasteiger partial charge in [0.15, 0.2) is 6.04 Å². The van der Waals surface area contributed by atoms with Crippen molar-refractivity contribution < 1.29 is 19.2 Å². The molecule has 0 fully saturated rings. The summed E-state index contributed by atoms with van der Waals surface area (Å²) in [4.78, 5) is 25.4. The summed E-state index contributed by atoms with van der Waals surface area (Å²) < 4.78 is 4.70. The highest BCUT2D eigenvalue weighted by Crippen LogP contribution is 2.30. The second-order valence-electron chi connectivity index (χ2n) is 4.94. The molecule has 1 aliphatic rings. The van der Waals surface area contributed by atoms with Crippen molar-refractivity contribution in [2.75, 3.05) is 6.54 Å². The fraction of sp³-hybridized carbons (Fsp3) is 0.267. The molecular formula is C15H14N2O4. The van der Waals surface area contributed by atoms with Crippen LogP contribution >= 0.6 is 0 Å². The van der Waals surface area contributed by atoms with E-state index >= 15 is 0 Å². The summed E-state index contributed by atoms with van der Waals surface area (Å²) in [6.45, 7) is 0.394. The third kappa shape index (κ3) is 2.52. The number of fused-ring (bicyclic) bond motifs is 1. The lowest BCUT2D eigenvalue weighted by Gasteiger charge is -2.34. The van der Waals surface area contributed by atoms with E-state index in [0.29, 0.717) is 24.2 Å². The van der Waals surface area contributed by atoms with Crippen LogP contribution in [0, 0.1) is 0 Å². The highest BCUT2D eigenvalue weighted by Gasteiger charge is 2.35. The summed E-state index contributed by atoms with van der Waals surface area (Å²) in [5.41, 5.74) is 2.17. The first-order chi connectivity index (χ1) is 10.2. The molecule has 6 nitrogen and oxygen atoms in total. The summed E-state index contributed by atoms with van der Waals surface area (Å²) >= 11 is 0. The molecule has 6 heteroatoms. The monoisotopic (exact) mass is 286 g/mol. The maximum absolute atomic E-state index is 12.4. The number of carbonyl (C=O) groups excluding carboxylic acids is 1. The van der Waals surface area contributed by atoms with Gasteiger partial charge in [-0.15, -0.1) is 0 Å². The maximum Gasteiger partial charge on any atom is 0.331 e. The number of carboxylic acids is 1. The molecule has 3 rings (SSSR count). The third-order valence-corrected chi connectivity index (χ3v) is 3.66. The first kappa shape index (κ1) is 13.4. The quantitative estimate of drug-likeness (QED) is 0.922. The van der Waals surface area contributed by atoms with Crippen molar-refractivity contribution in [3.63, 3.8) is 0 Å². The first-order valence-electron chi connectivity index (χ1n) is 6.66. The van der Waals surface area contributed by atoms with E-state index < -0.39 is 12.0 Å². The van der Waals surface area contributed by atoms with E-state index in [4.69, 9.17) is 4.52 Å². The number of carboxylic acid groups (broad SMARTS) is 1. The Morgan fingerprint density at radius 3 is 2.86 bits per heavy atom. The van der Waals surface area contributed by atoms with Gasteiger partial charge in [-0.2, -0.15) is 0 Å². The van der Waals surface area contributed by atoms with Gasteiger partial charge in [0, 0.05) is 12.6 Å². The van der Waals surface area contributed by atoms with Gasteiger partial charge in [-0.3, -0.25) is 4.79 Å². The minimum absolute atomic E-state index is 0.0441. The van der Waals surface area contributed by atoms with Crippen LogP contribution in [0.3, 0.4) is 0 Å². The molecule has 0 spiro atoms. The Morgan fingerprint density at radius 1 is 1.33 bits per heavy atom. The number of benzene rings is 1. The fourth-order valence-electron chi connectivity index (χ4n) is 2.69. The molecule has 21 heavy (non-hydrogen) atoms. The van der Waals surface area contributed by atoms with Gasteiger partial charge < -0.3 is 14.5 Å². The zero-order valence-corrected chi connectivity index (χ0v) is 11.2. The van der Waals surface area contributed by atoms with Gasteiger partial charge in [0.25, 0.3) is 0 Å². The normalized spacial score (nSPS) is 17.3. The first-order valence-corrected chi connectivity index (χ1v) is 6.66. The minimum Gasteiger partial charge on any atom is -0.479 e. The van der Waals surface area contributed by atoms with E-state index in [9.17, 15) is 14.7 Å². The molecule has 1 amide bonds. The molecular weight excluding hydrogens is 272 g/mol. The maximum atomic E-state index is 12.4. The Bertz CT molecular complexity index is 666. The van der Waals surface area contributed by atoms with E-state index in [1.165, 1.54) is 11.2 Å². The van der Waals surface area contributed by atoms with Crippen molar-refractivity contribution in [2.24, 2.45) is 0 Å². The largest absolute Gasteiger partial charge is 0.479 e. The van der Waals surface area contributed by atoms with Crippen molar-refractivity contribution in [3.8, 4) is 0 Å². The molecule has 0 saturated carbocycles. The van der Waals surface area contributed by atoms with Crippen LogP contribution in [0.4, 0.5) is 0 Å². The zero-order chi connectivity index (χ0) is 14.8. The van der Waals surface area contributed by atoms with Gasteiger partial charge in [0.05, 0.1) is 12.1 Å². The van der Waals surface area contributed by atoms with Crippen LogP contribution in [0.1, 0.15) is 22.9 Å². The Balaban J connectivity index is 1.88. The Morgan fingerprint density at radius 2 is 2.14 bits per heavy atom. The molecule has 1 aliphatic heterocycles. The summed E-state index contributed by atoms with van der Waals surface area (Å²) in [5, 5.41) is 13.2. The van der Waals surface area contributed by atoms with E-state index in [2.05, 4.69) is 5.16 Å². The highest BCUT2D eigenvalue weighted by molar-refractivity contribution is 5.86. The number of amides is 1. The lowest BCUT2D eigenvalue weighted by molar-refractivity contribution is -0.151. The molecule has 1 unspecified atom stereocenters. The second kappa shape index (κ2) is 5.40. The highest BCUT2D eigenvalue weighted by atomic mass is 16.5. The van der Waals surface area contributed by atoms with Gasteiger partial charge in [-0.05, 0) is 17.5 Å². The molecule has 2 heterocycles. The molecule has 0 bridgehead atoms. The smallest absolute Gasteiger partial charge is 0.331 e. The summed E-state index contributed by atoms with van der Waals surface area (Å²) in [5.74, 6) is -1.28. The average Bonchev–Trinajstić information content (AvgIpc) is 2.98. The van der Waals surface area contributed by atoms with Crippen molar-refractivity contribution in [2.45, 2.75) is 18.9 Å². The number of rotatable bonds is 3. The van der Waals surface area contributed by atoms with Gasteiger partial charge in [-0.1, -0.05) is 29.4 Å². The standard InChI is InChI=1S/C15H14N2O4/c18-13(9-11-6-8-21-16-11)17-7-5-10-3-1-2-4-12(10)14(17)15(19)20/h1-4,6,8,14H,5,7,9H2,(H,19,20). The molecule has 108 valence electrons. The summed E-state index contributed by atoms with van der Waals surface area (Å²) in [7, 11) is 0. The fourth-order valence-corrected chi connectivity index (χ4v) is 2.69. The number of hydrogen-bond donors (Lipinski definition) is 1. The predicted octanol–water partition coefficient (Wildman–Crippen LogP) is 1.43. The summed E-state index contributed by atoms with van der Waals surface area (Å²) in [6.07, 6.45) is 2.09. The van der Waals surface area contributed by atoms with Crippen molar-refractivity contribution in [3.05, 3.63) is 53.4 Å². The van der Waals surface area contributed by atoms with E-state index in [1.54, 1.807) is 18.2 Å². The topological polar surface area (TPSA) is 83.6 Å². The van der Waals surface area contributed by atoms with Crippen molar-refractivity contribution in [1.82, 2.24) is 10.1 Å². The van der Waals surface area contributed by atoms with Crippen LogP contribution in [0.5, 0.6) is 0 Å². The molecule has 0 radical (unpaired) electrons. The molecule has 0 aliphatic carbocycles. The Kier molecular flexibility index (Phi) is 3.43. The molecule has 1 N–H and O–H groups in total. The minimum atomic E-state index is -1.02. The van der Waals surface area contributed by atoms with Crippen LogP contribution in [-0.2, 0) is 22.4 Å². The number of aliphatic carboxylic acids is 1. The van der Waals surface area contributed by atoms with Crippen LogP contribution in [-0.4, -0.2) is 33.6 Å². The van der Waals surface area contributed by atoms with Crippen molar-refractivity contribution in [1.29, 1.82) is 0 Å². The lowest BCUT2D eigenvalue weighted by atomic mass is 9.92. The van der Waals surface area contributed by atoms with E-state index in [1.807, 2.05) is 12.1 Å². The van der Waals surface area contributed by atoms with E-state index in [-0.39, 0.29) is 12.3 Å². The summed E-state index contributed by atoms with van der Waals surface area (Å²) in [6, 6.07) is 8.01. The van der Waals surface area contributed by atoms with Crippen molar-refractivity contribution >= 4 is 11.9 Å². The predicted molar refractivity (Wildman–Crippen MR) is 72.4 cm³/mol. The van der Waals surface area contributed by atoms with Gasteiger partial charge in [0.2, 0.25) is 5.91 Å². The second-order valence-corrected chi connectivity index (χ2v) is 4.94. The number of hydrogen-bond acceptors (Lipinski definition) is 4. The third-order valence-electron chi connectivity index (χ3n) is 3.66.